The number of hydrogen-bond donors (Lipinski definition) is 0. The molecule has 0 N–H and O–H groups in total. The Hall–Kier alpha value is -0.660. The van der Waals surface area contributed by atoms with Crippen molar-refractivity contribution in [1.82, 2.24) is 8.75 Å². The van der Waals surface area contributed by atoms with Gasteiger partial charge in [0.1, 0.15) is 22.4 Å². The van der Waals surface area contributed by atoms with Crippen molar-refractivity contribution in [2.75, 3.05) is 0 Å². The molecular formula is C6HBrN4S2. The van der Waals surface area contributed by atoms with E-state index in [1.54, 1.807) is 0 Å². The van der Waals surface area contributed by atoms with E-state index in [1.807, 2.05) is 6.07 Å². The minimum atomic E-state index is 0.866. The lowest BCUT2D eigenvalue weighted by molar-refractivity contribution is 1.51. The van der Waals surface area contributed by atoms with Crippen LogP contribution in [0.25, 0.3) is 11.0 Å². The summed E-state index contributed by atoms with van der Waals surface area (Å²) in [5.41, 5.74) is 3.48. The Morgan fingerprint density at radius 3 is 3.08 bits per heavy atom. The van der Waals surface area contributed by atoms with Crippen molar-refractivity contribution in [2.45, 2.75) is 0 Å². The molecule has 13 heavy (non-hydrogen) atoms. The maximum Gasteiger partial charge on any atom is 0.121 e. The third kappa shape index (κ3) is 1.01. The van der Waals surface area contributed by atoms with Gasteiger partial charge in [-0.1, -0.05) is 0 Å². The maximum absolute atomic E-state index is 4.17. The van der Waals surface area contributed by atoms with Crippen LogP contribution in [0.2, 0.25) is 0 Å². The fraction of sp³-hybridized carbons (Fsp3) is 0. The van der Waals surface area contributed by atoms with Gasteiger partial charge in [0.05, 0.1) is 27.6 Å². The van der Waals surface area contributed by atoms with Gasteiger partial charge in [-0.2, -0.15) is 17.5 Å². The molecular weight excluding hydrogens is 272 g/mol. The summed E-state index contributed by atoms with van der Waals surface area (Å²) in [5, 5.41) is 0. The molecule has 0 saturated carbocycles. The van der Waals surface area contributed by atoms with Crippen LogP contribution in [-0.2, 0) is 11.4 Å². The summed E-state index contributed by atoms with van der Waals surface area (Å²) in [7, 11) is 0. The van der Waals surface area contributed by atoms with Crippen molar-refractivity contribution in [3.63, 3.8) is 0 Å². The molecule has 0 atom stereocenters. The second kappa shape index (κ2) is 2.66. The number of benzene rings is 1. The average Bonchev–Trinajstić information content (AvgIpc) is 2.71. The zero-order valence-electron chi connectivity index (χ0n) is 6.06. The van der Waals surface area contributed by atoms with Gasteiger partial charge in [0.25, 0.3) is 0 Å². The number of fused-ring (bicyclic) bond motifs is 2. The van der Waals surface area contributed by atoms with E-state index >= 15 is 0 Å². The summed E-state index contributed by atoms with van der Waals surface area (Å²) < 4.78 is 17.5. The molecule has 0 radical (unpaired) electrons. The SMILES string of the molecule is Brc1c2c(cc3nsnc13)N=S=N2. The molecule has 0 amide bonds. The second-order valence-electron chi connectivity index (χ2n) is 2.45. The minimum Gasteiger partial charge on any atom is -0.173 e. The van der Waals surface area contributed by atoms with E-state index in [2.05, 4.69) is 33.4 Å². The quantitative estimate of drug-likeness (QED) is 0.631. The monoisotopic (exact) mass is 272 g/mol. The lowest BCUT2D eigenvalue weighted by Crippen LogP contribution is -1.73. The van der Waals surface area contributed by atoms with Gasteiger partial charge in [0.15, 0.2) is 0 Å². The lowest BCUT2D eigenvalue weighted by Gasteiger charge is -1.96. The molecule has 1 aliphatic rings. The summed E-state index contributed by atoms with van der Waals surface area (Å²) in [6.07, 6.45) is 0. The molecule has 4 nitrogen and oxygen atoms in total. The molecule has 1 aliphatic heterocycles. The standard InChI is InChI=1S/C6HBrN4S2/c7-4-5-2(8-12-10-5)1-3-6(4)11-13-9-3/h1H. The molecule has 0 fully saturated rings. The van der Waals surface area contributed by atoms with Gasteiger partial charge in [-0.3, -0.25) is 0 Å². The van der Waals surface area contributed by atoms with E-state index in [0.29, 0.717) is 0 Å². The smallest absolute Gasteiger partial charge is 0.121 e. The topological polar surface area (TPSA) is 50.5 Å². The van der Waals surface area contributed by atoms with E-state index in [9.17, 15) is 0 Å². The number of nitrogens with zero attached hydrogens (tertiary/aromatic N) is 4. The summed E-state index contributed by atoms with van der Waals surface area (Å²) in [6, 6.07) is 1.91. The zero-order chi connectivity index (χ0) is 8.84. The predicted molar refractivity (Wildman–Crippen MR) is 56.7 cm³/mol. The molecule has 0 unspecified atom stereocenters. The van der Waals surface area contributed by atoms with E-state index in [1.165, 1.54) is 23.1 Å². The van der Waals surface area contributed by atoms with Crippen LogP contribution >= 0.6 is 27.7 Å². The third-order valence-corrected chi connectivity index (χ3v) is 3.55. The van der Waals surface area contributed by atoms with E-state index < -0.39 is 0 Å². The molecule has 1 aromatic carbocycles. The maximum atomic E-state index is 4.17. The first-order valence-corrected chi connectivity index (χ1v) is 5.64. The molecule has 1 aromatic heterocycles. The highest BCUT2D eigenvalue weighted by Crippen LogP contribution is 2.42. The Kier molecular flexibility index (Phi) is 1.58. The van der Waals surface area contributed by atoms with Crippen LogP contribution in [0.15, 0.2) is 19.3 Å². The van der Waals surface area contributed by atoms with Gasteiger partial charge in [-0.15, -0.1) is 0 Å². The summed E-state index contributed by atoms with van der Waals surface area (Å²) in [5.74, 6) is 0. The molecule has 2 aromatic rings. The van der Waals surface area contributed by atoms with Gasteiger partial charge in [0, 0.05) is 0 Å². The highest BCUT2D eigenvalue weighted by Gasteiger charge is 2.15. The fourth-order valence-electron chi connectivity index (χ4n) is 1.13. The number of hydrogen-bond acceptors (Lipinski definition) is 5. The summed E-state index contributed by atoms with van der Waals surface area (Å²) >= 11 is 5.85. The number of rotatable bonds is 0. The zero-order valence-corrected chi connectivity index (χ0v) is 9.28. The van der Waals surface area contributed by atoms with Crippen molar-refractivity contribution < 1.29 is 0 Å². The Morgan fingerprint density at radius 2 is 2.15 bits per heavy atom. The van der Waals surface area contributed by atoms with Crippen molar-refractivity contribution in [2.24, 2.45) is 8.73 Å². The molecule has 0 aliphatic carbocycles. The average molecular weight is 273 g/mol. The van der Waals surface area contributed by atoms with Gasteiger partial charge in [-0.25, -0.2) is 0 Å². The molecule has 3 rings (SSSR count). The first-order valence-electron chi connectivity index (χ1n) is 3.39. The summed E-state index contributed by atoms with van der Waals surface area (Å²) in [6.45, 7) is 0. The van der Waals surface area contributed by atoms with Crippen LogP contribution in [0.3, 0.4) is 0 Å². The molecule has 0 spiro atoms. The first-order chi connectivity index (χ1) is 6.36. The highest BCUT2D eigenvalue weighted by atomic mass is 79.9. The van der Waals surface area contributed by atoms with E-state index in [4.69, 9.17) is 0 Å². The van der Waals surface area contributed by atoms with E-state index in [0.717, 1.165) is 26.9 Å². The number of aromatic nitrogens is 2. The number of halogens is 1. The molecule has 2 heterocycles. The molecule has 0 bridgehead atoms. The van der Waals surface area contributed by atoms with Crippen molar-refractivity contribution in [3.8, 4) is 0 Å². The Balaban J connectivity index is 2.54. The minimum absolute atomic E-state index is 0.866. The normalized spacial score (nSPS) is 13.3. The van der Waals surface area contributed by atoms with Crippen LogP contribution in [0.5, 0.6) is 0 Å². The van der Waals surface area contributed by atoms with Gasteiger partial charge < -0.3 is 0 Å². The van der Waals surface area contributed by atoms with Crippen molar-refractivity contribution >= 4 is 61.4 Å². The van der Waals surface area contributed by atoms with Crippen LogP contribution < -0.4 is 0 Å². The largest absolute Gasteiger partial charge is 0.173 e. The molecule has 64 valence electrons. The third-order valence-electron chi connectivity index (χ3n) is 1.72. The summed E-state index contributed by atoms with van der Waals surface area (Å²) in [4.78, 5) is 0. The van der Waals surface area contributed by atoms with Crippen molar-refractivity contribution in [1.29, 1.82) is 0 Å². The van der Waals surface area contributed by atoms with Gasteiger partial charge in [-0.05, 0) is 22.0 Å². The molecule has 7 heteroatoms. The first kappa shape index (κ1) is 7.72. The lowest BCUT2D eigenvalue weighted by atomic mass is 10.2. The molecule has 0 saturated heterocycles. The Morgan fingerprint density at radius 1 is 1.23 bits per heavy atom. The van der Waals surface area contributed by atoms with Crippen LogP contribution in [-0.4, -0.2) is 8.75 Å². The Bertz CT molecular complexity index is 569. The fourth-order valence-corrected chi connectivity index (χ4v) is 3.01. The van der Waals surface area contributed by atoms with Crippen molar-refractivity contribution in [3.05, 3.63) is 10.5 Å². The highest BCUT2D eigenvalue weighted by molar-refractivity contribution is 9.10. The second-order valence-corrected chi connectivity index (χ2v) is 4.30. The van der Waals surface area contributed by atoms with Gasteiger partial charge >= 0.3 is 0 Å². The van der Waals surface area contributed by atoms with E-state index in [-0.39, 0.29) is 0 Å². The Labute approximate surface area is 89.3 Å². The van der Waals surface area contributed by atoms with Crippen LogP contribution in [0.1, 0.15) is 0 Å². The predicted octanol–water partition coefficient (Wildman–Crippen LogP) is 3.18. The van der Waals surface area contributed by atoms with Gasteiger partial charge in [0.2, 0.25) is 0 Å². The van der Waals surface area contributed by atoms with Crippen LogP contribution in [0.4, 0.5) is 11.4 Å². The van der Waals surface area contributed by atoms with Crippen LogP contribution in [0, 0.1) is 0 Å².